The first kappa shape index (κ1) is 20.0. The van der Waals surface area contributed by atoms with Crippen molar-refractivity contribution in [3.05, 3.63) is 72.1 Å². The number of rotatable bonds is 6. The number of nitrogens with zero attached hydrogens (tertiary/aromatic N) is 5. The van der Waals surface area contributed by atoms with E-state index in [-0.39, 0.29) is 11.6 Å². The number of hydrogen-bond acceptors (Lipinski definition) is 5. The van der Waals surface area contributed by atoms with E-state index < -0.39 is 0 Å². The van der Waals surface area contributed by atoms with E-state index in [9.17, 15) is 0 Å². The van der Waals surface area contributed by atoms with Crippen molar-refractivity contribution in [1.29, 1.82) is 0 Å². The maximum atomic E-state index is 5.34. The number of tetrazole rings is 1. The predicted octanol–water partition coefficient (Wildman–Crippen LogP) is 3.90. The molecular formula is C22H29N5O. The molecule has 0 saturated heterocycles. The van der Waals surface area contributed by atoms with Crippen LogP contribution in [0.25, 0.3) is 0 Å². The Hall–Kier alpha value is -2.73. The highest BCUT2D eigenvalue weighted by atomic mass is 16.5. The van der Waals surface area contributed by atoms with Crippen LogP contribution in [0, 0.1) is 0 Å². The van der Waals surface area contributed by atoms with Crippen LogP contribution in [-0.4, -0.2) is 45.3 Å². The summed E-state index contributed by atoms with van der Waals surface area (Å²) >= 11 is 0. The van der Waals surface area contributed by atoms with Gasteiger partial charge in [0.1, 0.15) is 5.75 Å². The quantitative estimate of drug-likeness (QED) is 0.762. The summed E-state index contributed by atoms with van der Waals surface area (Å²) in [6.07, 6.45) is 4.80. The second-order valence-corrected chi connectivity index (χ2v) is 7.97. The Balaban J connectivity index is 2.08. The summed E-state index contributed by atoms with van der Waals surface area (Å²) < 4.78 is 7.25. The molecule has 1 aliphatic heterocycles. The van der Waals surface area contributed by atoms with Crippen LogP contribution < -0.4 is 4.74 Å². The Morgan fingerprint density at radius 1 is 1.11 bits per heavy atom. The molecule has 1 aliphatic rings. The number of ether oxygens (including phenoxy) is 1. The van der Waals surface area contributed by atoms with E-state index in [1.165, 1.54) is 11.1 Å². The number of aromatic nitrogens is 4. The van der Waals surface area contributed by atoms with Gasteiger partial charge in [0.2, 0.25) is 0 Å². The first-order valence-electron chi connectivity index (χ1n) is 9.52. The average Bonchev–Trinajstić information content (AvgIpc) is 3.18. The molecule has 1 aromatic heterocycles. The van der Waals surface area contributed by atoms with Crippen LogP contribution >= 0.6 is 0 Å². The van der Waals surface area contributed by atoms with Crippen LogP contribution in [0.2, 0.25) is 0 Å². The smallest absolute Gasteiger partial charge is 0.173 e. The third-order valence-corrected chi connectivity index (χ3v) is 5.12. The lowest BCUT2D eigenvalue weighted by Gasteiger charge is -2.36. The average molecular weight is 380 g/mol. The van der Waals surface area contributed by atoms with Crippen molar-refractivity contribution in [2.45, 2.75) is 38.8 Å². The third-order valence-electron chi connectivity index (χ3n) is 5.12. The van der Waals surface area contributed by atoms with Crippen molar-refractivity contribution in [3.8, 4) is 5.75 Å². The molecule has 3 rings (SSSR count). The summed E-state index contributed by atoms with van der Waals surface area (Å²) in [4.78, 5) is 2.40. The molecule has 1 aromatic carbocycles. The number of methoxy groups -OCH3 is 1. The first-order chi connectivity index (χ1) is 13.4. The molecule has 6 nitrogen and oxygen atoms in total. The van der Waals surface area contributed by atoms with E-state index in [2.05, 4.69) is 66.5 Å². The maximum absolute atomic E-state index is 5.34. The molecule has 0 aliphatic carbocycles. The number of hydrogen-bond donors (Lipinski definition) is 0. The van der Waals surface area contributed by atoms with Gasteiger partial charge >= 0.3 is 0 Å². The molecule has 0 radical (unpaired) electrons. The van der Waals surface area contributed by atoms with Gasteiger partial charge in [0.15, 0.2) is 5.82 Å². The van der Waals surface area contributed by atoms with Crippen molar-refractivity contribution in [2.75, 3.05) is 20.2 Å². The van der Waals surface area contributed by atoms with Crippen LogP contribution in [0.5, 0.6) is 5.75 Å². The Morgan fingerprint density at radius 2 is 1.79 bits per heavy atom. The zero-order valence-corrected chi connectivity index (χ0v) is 17.2. The fourth-order valence-corrected chi connectivity index (χ4v) is 3.62. The summed E-state index contributed by atoms with van der Waals surface area (Å²) in [6.45, 7) is 16.0. The lowest BCUT2D eigenvalue weighted by Crippen LogP contribution is -2.38. The predicted molar refractivity (Wildman–Crippen MR) is 111 cm³/mol. The van der Waals surface area contributed by atoms with E-state index in [1.54, 1.807) is 7.11 Å². The lowest BCUT2D eigenvalue weighted by molar-refractivity contribution is 0.212. The van der Waals surface area contributed by atoms with Gasteiger partial charge in [0.05, 0.1) is 18.7 Å². The summed E-state index contributed by atoms with van der Waals surface area (Å²) in [5, 5.41) is 12.7. The Bertz CT molecular complexity index is 873. The van der Waals surface area contributed by atoms with Gasteiger partial charge in [-0.05, 0) is 66.5 Å². The highest BCUT2D eigenvalue weighted by Gasteiger charge is 2.33. The fourth-order valence-electron chi connectivity index (χ4n) is 3.62. The minimum Gasteiger partial charge on any atom is -0.497 e. The monoisotopic (exact) mass is 379 g/mol. The minimum atomic E-state index is -0.220. The molecule has 0 spiro atoms. The molecule has 28 heavy (non-hydrogen) atoms. The normalized spacial score (nSPS) is 16.7. The standard InChI is InChI=1S/C22H29N5O/c1-7-16-13-14-26(15-17(16)8-2)20(18-9-11-19(28-6)12-10-18)21-23-24-25-27(21)22(3,4)5/h7-12,20H,1-2,13-15H2,3-6H3. The molecule has 0 amide bonds. The Morgan fingerprint density at radius 3 is 2.36 bits per heavy atom. The van der Waals surface area contributed by atoms with Crippen molar-refractivity contribution in [2.24, 2.45) is 0 Å². The second kappa shape index (κ2) is 8.10. The molecule has 0 bridgehead atoms. The molecule has 1 unspecified atom stereocenters. The van der Waals surface area contributed by atoms with Crippen LogP contribution in [-0.2, 0) is 5.54 Å². The van der Waals surface area contributed by atoms with Crippen molar-refractivity contribution in [1.82, 2.24) is 25.1 Å². The molecule has 0 fully saturated rings. The summed E-state index contributed by atoms with van der Waals surface area (Å²) in [5.74, 6) is 1.67. The van der Waals surface area contributed by atoms with Gasteiger partial charge in [-0.1, -0.05) is 37.4 Å². The molecule has 2 aromatic rings. The van der Waals surface area contributed by atoms with Crippen molar-refractivity contribution >= 4 is 0 Å². The summed E-state index contributed by atoms with van der Waals surface area (Å²) in [6, 6.07) is 8.08. The molecular weight excluding hydrogens is 350 g/mol. The Labute approximate surface area is 167 Å². The van der Waals surface area contributed by atoms with E-state index in [0.717, 1.165) is 36.6 Å². The Kier molecular flexibility index (Phi) is 5.79. The first-order valence-corrected chi connectivity index (χ1v) is 9.52. The van der Waals surface area contributed by atoms with Crippen molar-refractivity contribution in [3.63, 3.8) is 0 Å². The highest BCUT2D eigenvalue weighted by Crippen LogP contribution is 2.34. The topological polar surface area (TPSA) is 56.1 Å². The fraction of sp³-hybridized carbons (Fsp3) is 0.409. The third kappa shape index (κ3) is 3.92. The van der Waals surface area contributed by atoms with E-state index in [0.29, 0.717) is 0 Å². The van der Waals surface area contributed by atoms with Crippen molar-refractivity contribution < 1.29 is 4.74 Å². The van der Waals surface area contributed by atoms with E-state index >= 15 is 0 Å². The minimum absolute atomic E-state index is 0.0681. The van der Waals surface area contributed by atoms with Crippen LogP contribution in [0.15, 0.2) is 60.7 Å². The summed E-state index contributed by atoms with van der Waals surface area (Å²) in [7, 11) is 1.68. The molecule has 1 atom stereocenters. The van der Waals surface area contributed by atoms with Crippen LogP contribution in [0.1, 0.15) is 44.6 Å². The van der Waals surface area contributed by atoms with E-state index in [4.69, 9.17) is 4.74 Å². The van der Waals surface area contributed by atoms with Crippen LogP contribution in [0.4, 0.5) is 0 Å². The van der Waals surface area contributed by atoms with E-state index in [1.807, 2.05) is 29.0 Å². The summed E-state index contributed by atoms with van der Waals surface area (Å²) in [5.41, 5.74) is 3.37. The molecule has 6 heteroatoms. The zero-order valence-electron chi connectivity index (χ0n) is 17.2. The van der Waals surface area contributed by atoms with Gasteiger partial charge in [-0.3, -0.25) is 4.90 Å². The number of allylic oxidation sites excluding steroid dienone is 1. The molecule has 2 heterocycles. The SMILES string of the molecule is C=CC1=C(C=C)CN(C(c2ccc(OC)cc2)c2nnnn2C(C)(C)C)CC1. The molecule has 148 valence electrons. The van der Waals surface area contributed by atoms with Gasteiger partial charge in [-0.15, -0.1) is 5.10 Å². The van der Waals surface area contributed by atoms with Crippen LogP contribution in [0.3, 0.4) is 0 Å². The maximum Gasteiger partial charge on any atom is 0.173 e. The molecule has 0 N–H and O–H groups in total. The van der Waals surface area contributed by atoms with Gasteiger partial charge in [-0.25, -0.2) is 4.68 Å². The van der Waals surface area contributed by atoms with Gasteiger partial charge < -0.3 is 4.74 Å². The van der Waals surface area contributed by atoms with Gasteiger partial charge in [-0.2, -0.15) is 0 Å². The lowest BCUT2D eigenvalue weighted by atomic mass is 9.95. The van der Waals surface area contributed by atoms with Gasteiger partial charge in [0, 0.05) is 13.1 Å². The zero-order chi connectivity index (χ0) is 20.3. The molecule has 0 saturated carbocycles. The number of benzene rings is 1. The highest BCUT2D eigenvalue weighted by molar-refractivity contribution is 5.37. The second-order valence-electron chi connectivity index (χ2n) is 7.97. The van der Waals surface area contributed by atoms with Gasteiger partial charge in [0.25, 0.3) is 0 Å². The largest absolute Gasteiger partial charge is 0.497 e.